The monoisotopic (exact) mass is 290 g/mol. The number of ether oxygens (including phenoxy) is 2. The molecule has 0 unspecified atom stereocenters. The molecule has 0 radical (unpaired) electrons. The summed E-state index contributed by atoms with van der Waals surface area (Å²) in [5, 5.41) is 10.3. The van der Waals surface area contributed by atoms with Crippen molar-refractivity contribution >= 4 is 17.9 Å². The van der Waals surface area contributed by atoms with E-state index >= 15 is 0 Å². The molecule has 0 aromatic rings. The van der Waals surface area contributed by atoms with Crippen LogP contribution in [0.4, 0.5) is 0 Å². The van der Waals surface area contributed by atoms with Crippen molar-refractivity contribution in [3.8, 4) is 0 Å². The van der Waals surface area contributed by atoms with Gasteiger partial charge in [-0.2, -0.15) is 0 Å². The fraction of sp³-hybridized carbons (Fsp3) is 0.308. The second kappa shape index (κ2) is 11.5. The van der Waals surface area contributed by atoms with Crippen LogP contribution < -0.4 is 34.7 Å². The zero-order valence-corrected chi connectivity index (χ0v) is 13.6. The molecular formula is C13H15NaO6. The molecule has 0 saturated carbocycles. The van der Waals surface area contributed by atoms with Crippen molar-refractivity contribution in [3.05, 3.63) is 36.5 Å². The first-order valence-corrected chi connectivity index (χ1v) is 5.40. The Morgan fingerprint density at radius 2 is 1.85 bits per heavy atom. The maximum Gasteiger partial charge on any atom is 1.00 e. The second-order valence-electron chi connectivity index (χ2n) is 3.50. The molecule has 6 nitrogen and oxygen atoms in total. The van der Waals surface area contributed by atoms with Crippen molar-refractivity contribution in [3.63, 3.8) is 0 Å². The molecule has 0 aliphatic carbocycles. The minimum absolute atomic E-state index is 0. The number of hydrogen-bond donors (Lipinski definition) is 0. The van der Waals surface area contributed by atoms with E-state index in [2.05, 4.69) is 17.9 Å². The van der Waals surface area contributed by atoms with E-state index in [4.69, 9.17) is 4.74 Å². The van der Waals surface area contributed by atoms with Crippen LogP contribution in [0.15, 0.2) is 36.5 Å². The number of carboxylic acids is 1. The third kappa shape index (κ3) is 9.55. The van der Waals surface area contributed by atoms with E-state index < -0.39 is 17.9 Å². The van der Waals surface area contributed by atoms with Gasteiger partial charge in [-0.05, 0) is 18.6 Å². The summed E-state index contributed by atoms with van der Waals surface area (Å²) in [6, 6.07) is 0. The van der Waals surface area contributed by atoms with E-state index in [1.165, 1.54) is 13.0 Å². The molecule has 104 valence electrons. The first-order chi connectivity index (χ1) is 8.88. The molecule has 0 bridgehead atoms. The number of rotatable bonds is 8. The Morgan fingerprint density at radius 1 is 1.25 bits per heavy atom. The summed E-state index contributed by atoms with van der Waals surface area (Å²) < 4.78 is 9.40. The van der Waals surface area contributed by atoms with E-state index in [-0.39, 0.29) is 60.3 Å². The van der Waals surface area contributed by atoms with Crippen molar-refractivity contribution in [2.24, 2.45) is 0 Å². The van der Waals surface area contributed by atoms with Crippen molar-refractivity contribution in [1.82, 2.24) is 0 Å². The standard InChI is InChI=1S/C13H16O6.Na/c1-4-11(14)18-7-6-10(3)13(17)19-8-5-9(2)12(15)16;/h4-5H,1,3,6-8H2,2H3,(H,15,16);/q;+1/p-1. The van der Waals surface area contributed by atoms with Crippen LogP contribution in [0, 0.1) is 0 Å². The first kappa shape index (κ1) is 20.9. The van der Waals surface area contributed by atoms with Gasteiger partial charge in [0.25, 0.3) is 0 Å². The van der Waals surface area contributed by atoms with Crippen LogP contribution >= 0.6 is 0 Å². The molecule has 0 aromatic carbocycles. The fourth-order valence-electron chi connectivity index (χ4n) is 0.864. The van der Waals surface area contributed by atoms with Crippen LogP contribution in [-0.2, 0) is 23.9 Å². The molecule has 20 heavy (non-hydrogen) atoms. The molecule has 0 saturated heterocycles. The molecule has 0 aromatic heterocycles. The van der Waals surface area contributed by atoms with Gasteiger partial charge < -0.3 is 19.4 Å². The SMILES string of the molecule is C=CC(=O)OCCC(=C)C(=O)OCC=C(C)C(=O)[O-].[Na+]. The maximum atomic E-state index is 11.4. The van der Waals surface area contributed by atoms with Crippen molar-refractivity contribution in [2.75, 3.05) is 13.2 Å². The second-order valence-corrected chi connectivity index (χ2v) is 3.50. The van der Waals surface area contributed by atoms with Crippen LogP contribution in [0.2, 0.25) is 0 Å². The van der Waals surface area contributed by atoms with Gasteiger partial charge in [0.2, 0.25) is 0 Å². The van der Waals surface area contributed by atoms with Crippen molar-refractivity contribution in [2.45, 2.75) is 13.3 Å². The third-order valence-corrected chi connectivity index (χ3v) is 2.03. The summed E-state index contributed by atoms with van der Waals surface area (Å²) in [5.74, 6) is -2.60. The van der Waals surface area contributed by atoms with Gasteiger partial charge in [-0.3, -0.25) is 0 Å². The molecule has 0 heterocycles. The minimum Gasteiger partial charge on any atom is -0.545 e. The minimum atomic E-state index is -1.33. The summed E-state index contributed by atoms with van der Waals surface area (Å²) in [5.41, 5.74) is 0.0923. The van der Waals surface area contributed by atoms with Gasteiger partial charge in [0, 0.05) is 18.1 Å². The van der Waals surface area contributed by atoms with Gasteiger partial charge in [0.05, 0.1) is 12.6 Å². The molecule has 0 aliphatic heterocycles. The van der Waals surface area contributed by atoms with Gasteiger partial charge in [-0.1, -0.05) is 13.2 Å². The Balaban J connectivity index is 0. The van der Waals surface area contributed by atoms with Crippen LogP contribution in [0.3, 0.4) is 0 Å². The Kier molecular flexibility index (Phi) is 12.0. The summed E-state index contributed by atoms with van der Waals surface area (Å²) in [7, 11) is 0. The van der Waals surface area contributed by atoms with E-state index in [0.29, 0.717) is 0 Å². The number of hydrogen-bond acceptors (Lipinski definition) is 6. The summed E-state index contributed by atoms with van der Waals surface area (Å²) in [6.07, 6.45) is 2.34. The van der Waals surface area contributed by atoms with Gasteiger partial charge in [0.1, 0.15) is 6.61 Å². The molecule has 7 heteroatoms. The van der Waals surface area contributed by atoms with Gasteiger partial charge >= 0.3 is 41.5 Å². The first-order valence-electron chi connectivity index (χ1n) is 5.40. The maximum absolute atomic E-state index is 11.4. The fourth-order valence-corrected chi connectivity index (χ4v) is 0.864. The smallest absolute Gasteiger partial charge is 0.545 e. The summed E-state index contributed by atoms with van der Waals surface area (Å²) in [4.78, 5) is 32.4. The van der Waals surface area contributed by atoms with Crippen LogP contribution in [0.1, 0.15) is 13.3 Å². The normalized spacial score (nSPS) is 9.95. The molecular weight excluding hydrogens is 275 g/mol. The van der Waals surface area contributed by atoms with Gasteiger partial charge in [-0.25, -0.2) is 9.59 Å². The van der Waals surface area contributed by atoms with Crippen LogP contribution in [-0.4, -0.2) is 31.1 Å². The molecule has 0 spiro atoms. The van der Waals surface area contributed by atoms with Gasteiger partial charge in [0.15, 0.2) is 0 Å². The summed E-state index contributed by atoms with van der Waals surface area (Å²) >= 11 is 0. The quantitative estimate of drug-likeness (QED) is 0.267. The number of carbonyl (C=O) groups is 3. The van der Waals surface area contributed by atoms with E-state index in [1.807, 2.05) is 0 Å². The third-order valence-electron chi connectivity index (χ3n) is 2.03. The van der Waals surface area contributed by atoms with E-state index in [9.17, 15) is 19.5 Å². The number of esters is 2. The average Bonchev–Trinajstić information content (AvgIpc) is 2.37. The molecule has 0 amide bonds. The Hall–Kier alpha value is -1.37. The van der Waals surface area contributed by atoms with Crippen molar-refractivity contribution < 1.29 is 58.5 Å². The average molecular weight is 290 g/mol. The largest absolute Gasteiger partial charge is 1.00 e. The van der Waals surface area contributed by atoms with Crippen molar-refractivity contribution in [1.29, 1.82) is 0 Å². The van der Waals surface area contributed by atoms with Crippen LogP contribution in [0.5, 0.6) is 0 Å². The molecule has 0 N–H and O–H groups in total. The Bertz CT molecular complexity index is 425. The Morgan fingerprint density at radius 3 is 2.35 bits per heavy atom. The van der Waals surface area contributed by atoms with E-state index in [1.54, 1.807) is 0 Å². The molecule has 0 aliphatic rings. The predicted octanol–water partition coefficient (Wildman–Crippen LogP) is -3.09. The molecule has 0 rings (SSSR count). The van der Waals surface area contributed by atoms with E-state index in [0.717, 1.165) is 6.08 Å². The zero-order valence-electron chi connectivity index (χ0n) is 11.6. The Labute approximate surface area is 139 Å². The predicted molar refractivity (Wildman–Crippen MR) is 64.6 cm³/mol. The number of carbonyl (C=O) groups excluding carboxylic acids is 3. The number of aliphatic carboxylic acids is 1. The summed E-state index contributed by atoms with van der Waals surface area (Å²) in [6.45, 7) is 7.81. The van der Waals surface area contributed by atoms with Gasteiger partial charge in [-0.15, -0.1) is 0 Å². The van der Waals surface area contributed by atoms with Crippen LogP contribution in [0.25, 0.3) is 0 Å². The topological polar surface area (TPSA) is 92.7 Å². The number of carboxylic acid groups (broad SMARTS) is 1. The molecule has 0 fully saturated rings. The zero-order chi connectivity index (χ0) is 14.8. The molecule has 0 atom stereocenters.